The smallest absolute Gasteiger partial charge is 0.377 e. The topological polar surface area (TPSA) is 87.0 Å². The van der Waals surface area contributed by atoms with E-state index >= 15 is 0 Å². The first-order valence-electron chi connectivity index (χ1n) is 3.05. The van der Waals surface area contributed by atoms with Crippen molar-refractivity contribution >= 4 is 5.97 Å². The highest BCUT2D eigenvalue weighted by molar-refractivity contribution is 5.89. The van der Waals surface area contributed by atoms with Crippen LogP contribution >= 0.6 is 0 Å². The van der Waals surface area contributed by atoms with Crippen LogP contribution < -0.4 is 0 Å². The van der Waals surface area contributed by atoms with Crippen molar-refractivity contribution in [1.29, 1.82) is 0 Å². The Morgan fingerprint density at radius 3 is 2.27 bits per heavy atom. The Morgan fingerprint density at radius 2 is 2.09 bits per heavy atom. The second kappa shape index (κ2) is 2.43. The molecular formula is C6H8O5. The lowest BCUT2D eigenvalue weighted by molar-refractivity contribution is -0.146. The predicted molar refractivity (Wildman–Crippen MR) is 33.8 cm³/mol. The minimum Gasteiger partial charge on any atom is -0.505 e. The highest BCUT2D eigenvalue weighted by atomic mass is 16.6. The van der Waals surface area contributed by atoms with E-state index in [1.54, 1.807) is 0 Å². The fourth-order valence-electron chi connectivity index (χ4n) is 0.793. The molecule has 0 spiro atoms. The molecule has 0 amide bonds. The highest BCUT2D eigenvalue weighted by Crippen LogP contribution is 2.20. The molecule has 0 aromatic carbocycles. The van der Waals surface area contributed by atoms with E-state index in [4.69, 9.17) is 15.3 Å². The summed E-state index contributed by atoms with van der Waals surface area (Å²) in [5, 5.41) is 26.5. The molecule has 0 aromatic rings. The third kappa shape index (κ3) is 1.14. The Bertz CT molecular complexity index is 217. The van der Waals surface area contributed by atoms with Crippen LogP contribution in [0.4, 0.5) is 0 Å². The molecule has 0 aromatic heterocycles. The summed E-state index contributed by atoms with van der Waals surface area (Å²) in [6.45, 7) is 1.34. The number of cyclic esters (lactones) is 1. The van der Waals surface area contributed by atoms with Gasteiger partial charge in [-0.25, -0.2) is 4.79 Å². The van der Waals surface area contributed by atoms with Crippen molar-refractivity contribution in [2.24, 2.45) is 0 Å². The van der Waals surface area contributed by atoms with Gasteiger partial charge >= 0.3 is 5.97 Å². The van der Waals surface area contributed by atoms with Crippen LogP contribution in [-0.4, -0.2) is 33.5 Å². The van der Waals surface area contributed by atoms with Gasteiger partial charge in [0.15, 0.2) is 11.9 Å². The van der Waals surface area contributed by atoms with Gasteiger partial charge < -0.3 is 20.1 Å². The molecular weight excluding hydrogens is 152 g/mol. The molecule has 0 fully saturated rings. The molecule has 0 aliphatic carbocycles. The minimum atomic E-state index is -1.12. The predicted octanol–water partition coefficient (Wildman–Crippen LogP) is -0.380. The molecule has 0 bridgehead atoms. The van der Waals surface area contributed by atoms with Crippen LogP contribution in [0.15, 0.2) is 11.5 Å². The molecule has 0 unspecified atom stereocenters. The van der Waals surface area contributed by atoms with E-state index in [1.807, 2.05) is 0 Å². The Kier molecular flexibility index (Phi) is 1.74. The zero-order chi connectivity index (χ0) is 8.59. The summed E-state index contributed by atoms with van der Waals surface area (Å²) in [5.74, 6) is -2.44. The zero-order valence-corrected chi connectivity index (χ0v) is 5.81. The van der Waals surface area contributed by atoms with Gasteiger partial charge in [-0.05, 0) is 6.92 Å². The monoisotopic (exact) mass is 160 g/mol. The van der Waals surface area contributed by atoms with Gasteiger partial charge in [-0.1, -0.05) is 0 Å². The first-order chi connectivity index (χ1) is 5.04. The fraction of sp³-hybridized carbons (Fsp3) is 0.500. The number of hydrogen-bond donors (Lipinski definition) is 3. The van der Waals surface area contributed by atoms with Crippen LogP contribution in [0, 0.1) is 0 Å². The van der Waals surface area contributed by atoms with Crippen molar-refractivity contribution in [3.05, 3.63) is 11.5 Å². The Labute approximate surface area is 62.5 Å². The summed E-state index contributed by atoms with van der Waals surface area (Å²) in [5.41, 5.74) is 0. The van der Waals surface area contributed by atoms with Crippen LogP contribution in [0.5, 0.6) is 0 Å². The van der Waals surface area contributed by atoms with Gasteiger partial charge in [0, 0.05) is 0 Å². The molecule has 3 N–H and O–H groups in total. The molecule has 1 aliphatic heterocycles. The maximum absolute atomic E-state index is 10.5. The first kappa shape index (κ1) is 7.87. The maximum atomic E-state index is 10.5. The van der Waals surface area contributed by atoms with E-state index in [-0.39, 0.29) is 0 Å². The van der Waals surface area contributed by atoms with E-state index < -0.39 is 29.7 Å². The van der Waals surface area contributed by atoms with Crippen LogP contribution in [0.1, 0.15) is 6.92 Å². The number of rotatable bonds is 1. The van der Waals surface area contributed by atoms with E-state index in [1.165, 1.54) is 6.92 Å². The number of ether oxygens (including phenoxy) is 1. The van der Waals surface area contributed by atoms with Crippen molar-refractivity contribution in [2.45, 2.75) is 19.1 Å². The summed E-state index contributed by atoms with van der Waals surface area (Å²) in [6, 6.07) is 0. The van der Waals surface area contributed by atoms with Crippen LogP contribution in [0.3, 0.4) is 0 Å². The van der Waals surface area contributed by atoms with Crippen molar-refractivity contribution in [3.63, 3.8) is 0 Å². The van der Waals surface area contributed by atoms with Crippen LogP contribution in [0.2, 0.25) is 0 Å². The van der Waals surface area contributed by atoms with Crippen molar-refractivity contribution < 1.29 is 24.9 Å². The lowest BCUT2D eigenvalue weighted by atomic mass is 10.2. The van der Waals surface area contributed by atoms with Gasteiger partial charge in [-0.3, -0.25) is 0 Å². The molecule has 1 aliphatic rings. The van der Waals surface area contributed by atoms with Gasteiger partial charge in [0.05, 0.1) is 6.10 Å². The SMILES string of the molecule is C[C@@H](O)[C@H]1OC(=O)C(O)=C1O. The second-order valence-electron chi connectivity index (χ2n) is 2.30. The average Bonchev–Trinajstić information content (AvgIpc) is 2.17. The Hall–Kier alpha value is -1.23. The lowest BCUT2D eigenvalue weighted by Gasteiger charge is -2.11. The Balaban J connectivity index is 2.86. The maximum Gasteiger partial charge on any atom is 0.377 e. The largest absolute Gasteiger partial charge is 0.505 e. The zero-order valence-electron chi connectivity index (χ0n) is 5.81. The summed E-state index contributed by atoms with van der Waals surface area (Å²) in [6.07, 6.45) is -2.15. The molecule has 1 heterocycles. The number of carbonyl (C=O) groups excluding carboxylic acids is 1. The molecule has 11 heavy (non-hydrogen) atoms. The van der Waals surface area contributed by atoms with Crippen molar-refractivity contribution in [2.75, 3.05) is 0 Å². The van der Waals surface area contributed by atoms with E-state index in [0.29, 0.717) is 0 Å². The molecule has 1 rings (SSSR count). The fourth-order valence-corrected chi connectivity index (χ4v) is 0.793. The standard InChI is InChI=1S/C6H8O5/c1-2(7)5-3(8)4(9)6(10)11-5/h2,5,7-9H,1H3/t2-,5-/m1/s1. The third-order valence-electron chi connectivity index (χ3n) is 1.38. The first-order valence-corrected chi connectivity index (χ1v) is 3.05. The van der Waals surface area contributed by atoms with Crippen LogP contribution in [0.25, 0.3) is 0 Å². The second-order valence-corrected chi connectivity index (χ2v) is 2.30. The van der Waals surface area contributed by atoms with E-state index in [9.17, 15) is 4.79 Å². The highest BCUT2D eigenvalue weighted by Gasteiger charge is 2.37. The summed E-state index contributed by atoms with van der Waals surface area (Å²) in [4.78, 5) is 10.5. The van der Waals surface area contributed by atoms with Gasteiger partial charge in [0.25, 0.3) is 0 Å². The molecule has 5 nitrogen and oxygen atoms in total. The van der Waals surface area contributed by atoms with Gasteiger partial charge in [-0.2, -0.15) is 0 Å². The number of aliphatic hydroxyl groups is 3. The van der Waals surface area contributed by atoms with Gasteiger partial charge in [0.2, 0.25) is 5.76 Å². The number of esters is 1. The quantitative estimate of drug-likeness (QED) is 0.455. The normalized spacial score (nSPS) is 27.1. The molecule has 62 valence electrons. The third-order valence-corrected chi connectivity index (χ3v) is 1.38. The summed E-state index contributed by atoms with van der Waals surface area (Å²) < 4.78 is 4.38. The summed E-state index contributed by atoms with van der Waals surface area (Å²) in [7, 11) is 0. The van der Waals surface area contributed by atoms with E-state index in [2.05, 4.69) is 4.74 Å². The number of aliphatic hydroxyl groups excluding tert-OH is 3. The molecule has 0 saturated heterocycles. The average molecular weight is 160 g/mol. The molecule has 2 atom stereocenters. The van der Waals surface area contributed by atoms with Crippen LogP contribution in [-0.2, 0) is 9.53 Å². The molecule has 0 radical (unpaired) electrons. The lowest BCUT2D eigenvalue weighted by Crippen LogP contribution is -2.25. The molecule has 0 saturated carbocycles. The molecule has 5 heteroatoms. The summed E-state index contributed by atoms with van der Waals surface area (Å²) >= 11 is 0. The van der Waals surface area contributed by atoms with E-state index in [0.717, 1.165) is 0 Å². The number of hydrogen-bond acceptors (Lipinski definition) is 5. The van der Waals surface area contributed by atoms with Crippen molar-refractivity contribution in [1.82, 2.24) is 0 Å². The minimum absolute atomic E-state index is 0.606. The van der Waals surface area contributed by atoms with Gasteiger partial charge in [0.1, 0.15) is 0 Å². The van der Waals surface area contributed by atoms with Gasteiger partial charge in [-0.15, -0.1) is 0 Å². The van der Waals surface area contributed by atoms with Crippen molar-refractivity contribution in [3.8, 4) is 0 Å². The Morgan fingerprint density at radius 1 is 1.55 bits per heavy atom. The number of carbonyl (C=O) groups is 1.